The number of nitrogens with zero attached hydrogens (tertiary/aromatic N) is 4. The number of hydrogen-bond donors (Lipinski definition) is 1. The van der Waals surface area contributed by atoms with Gasteiger partial charge in [-0.1, -0.05) is 53.8 Å². The first-order valence-electron chi connectivity index (χ1n) is 8.99. The third kappa shape index (κ3) is 4.16. The number of piperazine rings is 1. The van der Waals surface area contributed by atoms with Crippen molar-refractivity contribution in [2.75, 3.05) is 36.0 Å². The van der Waals surface area contributed by atoms with E-state index >= 15 is 0 Å². The van der Waals surface area contributed by atoms with Crippen LogP contribution >= 0.6 is 11.3 Å². The third-order valence-corrected chi connectivity index (χ3v) is 6.66. The number of hydrogen-bond acceptors (Lipinski definition) is 7. The summed E-state index contributed by atoms with van der Waals surface area (Å²) in [6.45, 7) is 2.89. The summed E-state index contributed by atoms with van der Waals surface area (Å²) in [4.78, 5) is 4.43. The van der Waals surface area contributed by atoms with E-state index in [4.69, 9.17) is 5.14 Å². The molecule has 2 N–H and O–H groups in total. The van der Waals surface area contributed by atoms with E-state index in [1.807, 2.05) is 24.3 Å². The lowest BCUT2D eigenvalue weighted by atomic mass is 10.2. The normalized spacial score (nSPS) is 15.0. The minimum Gasteiger partial charge on any atom is -0.367 e. The van der Waals surface area contributed by atoms with Crippen LogP contribution in [0.1, 0.15) is 10.6 Å². The number of rotatable bonds is 5. The molecule has 7 nitrogen and oxygen atoms in total. The lowest BCUT2D eigenvalue weighted by Crippen LogP contribution is -2.47. The van der Waals surface area contributed by atoms with Crippen LogP contribution in [0.5, 0.6) is 0 Å². The zero-order valence-corrected chi connectivity index (χ0v) is 16.9. The number of anilines is 2. The van der Waals surface area contributed by atoms with Crippen molar-refractivity contribution in [3.05, 3.63) is 65.2 Å². The predicted octanol–water partition coefficient (Wildman–Crippen LogP) is 2.10. The molecular weight excluding hydrogens is 394 g/mol. The van der Waals surface area contributed by atoms with Crippen molar-refractivity contribution in [1.29, 1.82) is 0 Å². The van der Waals surface area contributed by atoms with Crippen molar-refractivity contribution in [3.63, 3.8) is 0 Å². The van der Waals surface area contributed by atoms with E-state index in [-0.39, 0.29) is 4.90 Å². The van der Waals surface area contributed by atoms with Gasteiger partial charge in [-0.2, -0.15) is 0 Å². The summed E-state index contributed by atoms with van der Waals surface area (Å²) in [5.74, 6) is 0. The van der Waals surface area contributed by atoms with Gasteiger partial charge in [0.05, 0.1) is 5.69 Å². The Kier molecular flexibility index (Phi) is 5.29. The van der Waals surface area contributed by atoms with E-state index < -0.39 is 10.0 Å². The molecule has 0 unspecified atom stereocenters. The third-order valence-electron chi connectivity index (χ3n) is 4.72. The number of nitrogens with two attached hydrogens (primary N) is 1. The van der Waals surface area contributed by atoms with E-state index in [1.165, 1.54) is 5.56 Å². The van der Waals surface area contributed by atoms with Gasteiger partial charge in [-0.05, 0) is 17.7 Å². The zero-order chi connectivity index (χ0) is 19.6. The Morgan fingerprint density at radius 1 is 0.893 bits per heavy atom. The molecule has 3 aromatic rings. The topological polar surface area (TPSA) is 92.4 Å². The molecule has 4 rings (SSSR count). The lowest BCUT2D eigenvalue weighted by molar-refractivity contribution is 0.595. The lowest BCUT2D eigenvalue weighted by Gasteiger charge is -2.36. The summed E-state index contributed by atoms with van der Waals surface area (Å²) in [5, 5.41) is 15.9. The van der Waals surface area contributed by atoms with Crippen molar-refractivity contribution < 1.29 is 8.42 Å². The van der Waals surface area contributed by atoms with E-state index in [1.54, 1.807) is 29.5 Å². The summed E-state index contributed by atoms with van der Waals surface area (Å²) < 4.78 is 23.7. The van der Waals surface area contributed by atoms with Crippen LogP contribution in [-0.2, 0) is 16.4 Å². The Morgan fingerprint density at radius 3 is 2.25 bits per heavy atom. The summed E-state index contributed by atoms with van der Waals surface area (Å²) in [6, 6.07) is 17.1. The van der Waals surface area contributed by atoms with Gasteiger partial charge in [0.25, 0.3) is 0 Å². The average Bonchev–Trinajstić information content (AvgIpc) is 3.17. The minimum absolute atomic E-state index is 0.171. The molecule has 0 spiro atoms. The Morgan fingerprint density at radius 2 is 1.54 bits per heavy atom. The van der Waals surface area contributed by atoms with Crippen LogP contribution in [0.25, 0.3) is 0 Å². The number of aromatic nitrogens is 2. The van der Waals surface area contributed by atoms with Gasteiger partial charge in [0.2, 0.25) is 15.2 Å². The van der Waals surface area contributed by atoms with Gasteiger partial charge < -0.3 is 9.80 Å². The molecule has 28 heavy (non-hydrogen) atoms. The fourth-order valence-electron chi connectivity index (χ4n) is 3.31. The van der Waals surface area contributed by atoms with Gasteiger partial charge in [-0.25, -0.2) is 13.6 Å². The number of sulfonamides is 1. The first kappa shape index (κ1) is 18.9. The number of benzene rings is 2. The molecular formula is C19H21N5O2S2. The minimum atomic E-state index is -3.75. The Hall–Kier alpha value is -2.49. The first-order chi connectivity index (χ1) is 13.5. The Balaban J connectivity index is 1.43. The highest BCUT2D eigenvalue weighted by atomic mass is 32.2. The van der Waals surface area contributed by atoms with Crippen LogP contribution in [0.15, 0.2) is 59.5 Å². The van der Waals surface area contributed by atoms with Gasteiger partial charge >= 0.3 is 0 Å². The van der Waals surface area contributed by atoms with E-state index in [2.05, 4.69) is 32.1 Å². The van der Waals surface area contributed by atoms with Crippen LogP contribution in [0.4, 0.5) is 10.8 Å². The van der Waals surface area contributed by atoms with Crippen LogP contribution in [0.3, 0.4) is 0 Å². The van der Waals surface area contributed by atoms with Gasteiger partial charge in [0, 0.05) is 32.6 Å². The Bertz CT molecular complexity index is 1040. The van der Waals surface area contributed by atoms with Crippen LogP contribution < -0.4 is 14.9 Å². The molecule has 2 aromatic carbocycles. The molecule has 1 aliphatic heterocycles. The largest absolute Gasteiger partial charge is 0.367 e. The number of primary sulfonamides is 1. The SMILES string of the molecule is NS(=O)(=O)c1ccccc1N1CCN(c2nnc(Cc3ccccc3)s2)CC1. The average molecular weight is 416 g/mol. The number of para-hydroxylation sites is 1. The van der Waals surface area contributed by atoms with Crippen molar-refractivity contribution in [3.8, 4) is 0 Å². The smallest absolute Gasteiger partial charge is 0.240 e. The zero-order valence-electron chi connectivity index (χ0n) is 15.2. The molecule has 1 fully saturated rings. The quantitative estimate of drug-likeness (QED) is 0.686. The van der Waals surface area contributed by atoms with Crippen LogP contribution in [0.2, 0.25) is 0 Å². The predicted molar refractivity (Wildman–Crippen MR) is 111 cm³/mol. The highest BCUT2D eigenvalue weighted by molar-refractivity contribution is 7.89. The standard InChI is InChI=1S/C19H21N5O2S2/c20-28(25,26)17-9-5-4-8-16(17)23-10-12-24(13-11-23)19-22-21-18(27-19)14-15-6-2-1-3-7-15/h1-9H,10-14H2,(H2,20,25,26). The molecule has 0 radical (unpaired) electrons. The monoisotopic (exact) mass is 415 g/mol. The van der Waals surface area contributed by atoms with Crippen molar-refractivity contribution >= 4 is 32.2 Å². The van der Waals surface area contributed by atoms with Gasteiger partial charge in [0.15, 0.2) is 0 Å². The molecule has 1 aliphatic rings. The second-order valence-electron chi connectivity index (χ2n) is 6.63. The Labute approximate surface area is 168 Å². The second kappa shape index (κ2) is 7.86. The molecule has 1 aromatic heterocycles. The molecule has 9 heteroatoms. The van der Waals surface area contributed by atoms with Crippen molar-refractivity contribution in [1.82, 2.24) is 10.2 Å². The molecule has 0 bridgehead atoms. The molecule has 146 valence electrons. The fourth-order valence-corrected chi connectivity index (χ4v) is 4.99. The second-order valence-corrected chi connectivity index (χ2v) is 9.20. The maximum absolute atomic E-state index is 11.9. The van der Waals surface area contributed by atoms with E-state index in [0.29, 0.717) is 18.8 Å². The van der Waals surface area contributed by atoms with Crippen LogP contribution in [-0.4, -0.2) is 44.8 Å². The molecule has 2 heterocycles. The first-order valence-corrected chi connectivity index (χ1v) is 11.3. The fraction of sp³-hybridized carbons (Fsp3) is 0.263. The van der Waals surface area contributed by atoms with E-state index in [9.17, 15) is 8.42 Å². The van der Waals surface area contributed by atoms with Gasteiger partial charge in [0.1, 0.15) is 9.90 Å². The summed E-state index contributed by atoms with van der Waals surface area (Å²) in [5.41, 5.74) is 1.88. The maximum Gasteiger partial charge on any atom is 0.240 e. The molecule has 0 amide bonds. The van der Waals surface area contributed by atoms with Crippen LogP contribution in [0, 0.1) is 0 Å². The molecule has 0 saturated carbocycles. The molecule has 1 saturated heterocycles. The summed E-state index contributed by atoms with van der Waals surface area (Å²) in [7, 11) is -3.75. The maximum atomic E-state index is 11.9. The highest BCUT2D eigenvalue weighted by Gasteiger charge is 2.24. The van der Waals surface area contributed by atoms with Gasteiger partial charge in [-0.15, -0.1) is 10.2 Å². The summed E-state index contributed by atoms with van der Waals surface area (Å²) in [6.07, 6.45) is 0.778. The molecule has 0 atom stereocenters. The van der Waals surface area contributed by atoms with Crippen molar-refractivity contribution in [2.45, 2.75) is 11.3 Å². The highest BCUT2D eigenvalue weighted by Crippen LogP contribution is 2.28. The van der Waals surface area contributed by atoms with E-state index in [0.717, 1.165) is 29.6 Å². The summed E-state index contributed by atoms with van der Waals surface area (Å²) >= 11 is 1.61. The van der Waals surface area contributed by atoms with Crippen molar-refractivity contribution in [2.24, 2.45) is 5.14 Å². The van der Waals surface area contributed by atoms with Gasteiger partial charge in [-0.3, -0.25) is 0 Å². The molecule has 0 aliphatic carbocycles.